The van der Waals surface area contributed by atoms with Crippen molar-refractivity contribution in [2.45, 2.75) is 19.3 Å². The van der Waals surface area contributed by atoms with E-state index in [1.165, 1.54) is 5.56 Å². The van der Waals surface area contributed by atoms with E-state index in [0.29, 0.717) is 5.92 Å². The first-order valence-corrected chi connectivity index (χ1v) is 10.6. The summed E-state index contributed by atoms with van der Waals surface area (Å²) in [7, 11) is 6.23. The summed E-state index contributed by atoms with van der Waals surface area (Å²) >= 11 is 0. The van der Waals surface area contributed by atoms with Crippen LogP contribution in [0, 0.1) is 12.8 Å². The molecule has 0 bridgehead atoms. The molecule has 1 aromatic heterocycles. The molecular formula is C25H30N4O. The molecule has 2 atom stereocenters. The van der Waals surface area contributed by atoms with Crippen molar-refractivity contribution in [3.8, 4) is 0 Å². The van der Waals surface area contributed by atoms with Gasteiger partial charge in [-0.1, -0.05) is 30.3 Å². The van der Waals surface area contributed by atoms with Crippen LogP contribution in [0.15, 0.2) is 54.6 Å². The highest BCUT2D eigenvalue weighted by atomic mass is 16.2. The van der Waals surface area contributed by atoms with Crippen molar-refractivity contribution in [3.63, 3.8) is 0 Å². The SMILES string of the molecule is Cc1cc(N(C)CCN(C)C)nc2ccc(NC(=O)C3CC3c3ccccc3)cc12. The van der Waals surface area contributed by atoms with Crippen molar-refractivity contribution in [2.24, 2.45) is 5.92 Å². The normalized spacial score (nSPS) is 17.9. The number of hydrogen-bond acceptors (Lipinski definition) is 4. The smallest absolute Gasteiger partial charge is 0.228 e. The lowest BCUT2D eigenvalue weighted by atomic mass is 10.1. The third-order valence-electron chi connectivity index (χ3n) is 5.90. The van der Waals surface area contributed by atoms with E-state index in [4.69, 9.17) is 4.98 Å². The highest BCUT2D eigenvalue weighted by Crippen LogP contribution is 2.47. The number of rotatable bonds is 7. The van der Waals surface area contributed by atoms with Crippen LogP contribution < -0.4 is 10.2 Å². The Bertz CT molecular complexity index is 1050. The summed E-state index contributed by atoms with van der Waals surface area (Å²) in [6.07, 6.45) is 0.923. The molecule has 1 N–H and O–H groups in total. The first-order chi connectivity index (χ1) is 14.4. The number of aryl methyl sites for hydroxylation is 1. The van der Waals surface area contributed by atoms with Gasteiger partial charge < -0.3 is 15.1 Å². The Labute approximate surface area is 178 Å². The maximum absolute atomic E-state index is 12.7. The van der Waals surface area contributed by atoms with Crippen molar-refractivity contribution in [1.82, 2.24) is 9.88 Å². The van der Waals surface area contributed by atoms with Crippen LogP contribution in [-0.4, -0.2) is 50.0 Å². The van der Waals surface area contributed by atoms with Gasteiger partial charge in [-0.15, -0.1) is 0 Å². The summed E-state index contributed by atoms with van der Waals surface area (Å²) in [5.74, 6) is 1.49. The third kappa shape index (κ3) is 4.46. The predicted molar refractivity (Wildman–Crippen MR) is 124 cm³/mol. The van der Waals surface area contributed by atoms with Crippen LogP contribution in [0.3, 0.4) is 0 Å². The van der Waals surface area contributed by atoms with Crippen molar-refractivity contribution >= 4 is 28.3 Å². The lowest BCUT2D eigenvalue weighted by molar-refractivity contribution is -0.117. The Morgan fingerprint density at radius 2 is 1.83 bits per heavy atom. The van der Waals surface area contributed by atoms with E-state index < -0.39 is 0 Å². The van der Waals surface area contributed by atoms with Gasteiger partial charge in [-0.25, -0.2) is 4.98 Å². The lowest BCUT2D eigenvalue weighted by Crippen LogP contribution is -2.29. The monoisotopic (exact) mass is 402 g/mol. The molecule has 1 amide bonds. The zero-order valence-corrected chi connectivity index (χ0v) is 18.2. The largest absolute Gasteiger partial charge is 0.358 e. The van der Waals surface area contributed by atoms with Crippen LogP contribution in [0.2, 0.25) is 0 Å². The minimum atomic E-state index is 0.0649. The maximum atomic E-state index is 12.7. The zero-order valence-electron chi connectivity index (χ0n) is 18.2. The number of nitrogens with zero attached hydrogens (tertiary/aromatic N) is 3. The van der Waals surface area contributed by atoms with Crippen molar-refractivity contribution in [2.75, 3.05) is 44.4 Å². The third-order valence-corrected chi connectivity index (χ3v) is 5.90. The zero-order chi connectivity index (χ0) is 21.3. The second-order valence-corrected chi connectivity index (χ2v) is 8.60. The molecule has 2 unspecified atom stereocenters. The molecule has 156 valence electrons. The molecule has 3 aromatic rings. The number of nitrogens with one attached hydrogen (secondary N) is 1. The Hall–Kier alpha value is -2.92. The number of benzene rings is 2. The minimum absolute atomic E-state index is 0.0649. The van der Waals surface area contributed by atoms with Crippen molar-refractivity contribution in [1.29, 1.82) is 0 Å². The number of anilines is 2. The summed E-state index contributed by atoms with van der Waals surface area (Å²) in [6, 6.07) is 18.4. The van der Waals surface area contributed by atoms with E-state index in [1.807, 2.05) is 36.4 Å². The maximum Gasteiger partial charge on any atom is 0.228 e. The molecule has 1 fully saturated rings. The Balaban J connectivity index is 1.46. The van der Waals surface area contributed by atoms with Gasteiger partial charge in [-0.3, -0.25) is 4.79 Å². The molecule has 1 heterocycles. The lowest BCUT2D eigenvalue weighted by Gasteiger charge is -2.21. The van der Waals surface area contributed by atoms with Crippen molar-refractivity contribution in [3.05, 3.63) is 65.7 Å². The van der Waals surface area contributed by atoms with E-state index in [-0.39, 0.29) is 11.8 Å². The van der Waals surface area contributed by atoms with Crippen molar-refractivity contribution < 1.29 is 4.79 Å². The molecule has 5 heteroatoms. The van der Waals surface area contributed by atoms with Crippen LogP contribution >= 0.6 is 0 Å². The second-order valence-electron chi connectivity index (χ2n) is 8.60. The number of carbonyl (C=O) groups excluding carboxylic acids is 1. The molecule has 0 aliphatic heterocycles. The Morgan fingerprint density at radius 1 is 1.07 bits per heavy atom. The van der Waals surface area contributed by atoms with Crippen LogP contribution in [0.25, 0.3) is 10.9 Å². The fourth-order valence-corrected chi connectivity index (χ4v) is 3.90. The molecular weight excluding hydrogens is 372 g/mol. The van der Waals surface area contributed by atoms with Gasteiger partial charge in [0.2, 0.25) is 5.91 Å². The molecule has 2 aromatic carbocycles. The topological polar surface area (TPSA) is 48.5 Å². The van der Waals surface area contributed by atoms with E-state index in [0.717, 1.165) is 47.5 Å². The van der Waals surface area contributed by atoms with Gasteiger partial charge in [0.05, 0.1) is 5.52 Å². The predicted octanol–water partition coefficient (Wildman–Crippen LogP) is 4.28. The van der Waals surface area contributed by atoms with Crippen LogP contribution in [0.1, 0.15) is 23.5 Å². The van der Waals surface area contributed by atoms with Gasteiger partial charge in [-0.05, 0) is 68.8 Å². The number of carbonyl (C=O) groups is 1. The van der Waals surface area contributed by atoms with Gasteiger partial charge in [0.1, 0.15) is 5.82 Å². The summed E-state index contributed by atoms with van der Waals surface area (Å²) < 4.78 is 0. The number of hydrogen-bond donors (Lipinski definition) is 1. The van der Waals surface area contributed by atoms with Gasteiger partial charge in [0.25, 0.3) is 0 Å². The van der Waals surface area contributed by atoms with Crippen LogP contribution in [-0.2, 0) is 4.79 Å². The second kappa shape index (κ2) is 8.44. The number of amides is 1. The van der Waals surface area contributed by atoms with Crippen LogP contribution in [0.5, 0.6) is 0 Å². The molecule has 1 saturated carbocycles. The Morgan fingerprint density at radius 3 is 2.57 bits per heavy atom. The molecule has 0 saturated heterocycles. The Kier molecular flexibility index (Phi) is 5.73. The first-order valence-electron chi connectivity index (χ1n) is 10.6. The number of pyridine rings is 1. The fourth-order valence-electron chi connectivity index (χ4n) is 3.90. The quantitative estimate of drug-likeness (QED) is 0.641. The van der Waals surface area contributed by atoms with Crippen LogP contribution in [0.4, 0.5) is 11.5 Å². The average molecular weight is 403 g/mol. The number of aromatic nitrogens is 1. The number of fused-ring (bicyclic) bond motifs is 1. The van der Waals surface area contributed by atoms with Gasteiger partial charge >= 0.3 is 0 Å². The van der Waals surface area contributed by atoms with E-state index in [2.05, 4.69) is 61.4 Å². The fraction of sp³-hybridized carbons (Fsp3) is 0.360. The van der Waals surface area contributed by atoms with E-state index in [1.54, 1.807) is 0 Å². The van der Waals surface area contributed by atoms with E-state index in [9.17, 15) is 4.79 Å². The minimum Gasteiger partial charge on any atom is -0.358 e. The van der Waals surface area contributed by atoms with Gasteiger partial charge in [0, 0.05) is 37.1 Å². The average Bonchev–Trinajstić information content (AvgIpc) is 3.54. The molecule has 4 rings (SSSR count). The van der Waals surface area contributed by atoms with Gasteiger partial charge in [0.15, 0.2) is 0 Å². The highest BCUT2D eigenvalue weighted by Gasteiger charge is 2.43. The highest BCUT2D eigenvalue weighted by molar-refractivity contribution is 5.97. The summed E-state index contributed by atoms with van der Waals surface area (Å²) in [4.78, 5) is 21.9. The molecule has 1 aliphatic rings. The molecule has 30 heavy (non-hydrogen) atoms. The molecule has 0 spiro atoms. The van der Waals surface area contributed by atoms with Gasteiger partial charge in [-0.2, -0.15) is 0 Å². The van der Waals surface area contributed by atoms with E-state index >= 15 is 0 Å². The summed E-state index contributed by atoms with van der Waals surface area (Å²) in [5.41, 5.74) is 4.21. The molecule has 0 radical (unpaired) electrons. The molecule has 5 nitrogen and oxygen atoms in total. The first kappa shape index (κ1) is 20.4. The summed E-state index contributed by atoms with van der Waals surface area (Å²) in [6.45, 7) is 4.00. The standard InChI is InChI=1S/C25H30N4O/c1-17-14-24(29(4)13-12-28(2)3)27-23-11-10-19(15-20(17)23)26-25(30)22-16-21(22)18-8-6-5-7-9-18/h5-11,14-15,21-22H,12-13,16H2,1-4H3,(H,26,30). The molecule has 1 aliphatic carbocycles. The summed E-state index contributed by atoms with van der Waals surface area (Å²) in [5, 5.41) is 4.19. The number of likely N-dealkylation sites (N-methyl/N-ethyl adjacent to an activating group) is 2.